The van der Waals surface area contributed by atoms with Gasteiger partial charge in [-0.1, -0.05) is 25.1 Å². The molecule has 2 aromatic rings. The lowest BCUT2D eigenvalue weighted by Gasteiger charge is -2.10. The lowest BCUT2D eigenvalue weighted by Crippen LogP contribution is -2.27. The first-order valence-corrected chi connectivity index (χ1v) is 10.7. The number of carbonyl (C=O) groups is 2. The van der Waals surface area contributed by atoms with Crippen LogP contribution in [-0.4, -0.2) is 45.9 Å². The summed E-state index contributed by atoms with van der Waals surface area (Å²) in [6.07, 6.45) is 5.27. The molecule has 0 radical (unpaired) electrons. The smallest absolute Gasteiger partial charge is 0.336 e. The summed E-state index contributed by atoms with van der Waals surface area (Å²) in [5, 5.41) is 11.8. The van der Waals surface area contributed by atoms with Gasteiger partial charge in [-0.15, -0.1) is 0 Å². The molecule has 0 spiro atoms. The van der Waals surface area contributed by atoms with Crippen LogP contribution in [0.2, 0.25) is 0 Å². The standard InChI is InChI=1S/C26H28N2O6/c1-4-14-33-23-11-7-20(17-24(23)32-3)8-12-25(29)34-22-9-5-19(6-10-22)16-21(18-27)26(30)28-13-15-31-2/h5-12,16-17H,4,13-15H2,1-3H3,(H,28,30)/b12-8+,21-16+. The van der Waals surface area contributed by atoms with Gasteiger partial charge in [0.1, 0.15) is 17.4 Å². The van der Waals surface area contributed by atoms with Gasteiger partial charge in [0.15, 0.2) is 11.5 Å². The SMILES string of the molecule is CCCOc1ccc(/C=C/C(=O)Oc2ccc(/C=C(\C#N)C(=O)NCCOC)cc2)cc1OC. The molecule has 0 saturated heterocycles. The van der Waals surface area contributed by atoms with Crippen molar-refractivity contribution in [3.63, 3.8) is 0 Å². The van der Waals surface area contributed by atoms with E-state index in [1.165, 1.54) is 19.3 Å². The Morgan fingerprint density at radius 2 is 1.76 bits per heavy atom. The van der Waals surface area contributed by atoms with E-state index in [2.05, 4.69) is 5.32 Å². The molecule has 34 heavy (non-hydrogen) atoms. The quantitative estimate of drug-likeness (QED) is 0.167. The normalized spacial score (nSPS) is 11.1. The predicted molar refractivity (Wildman–Crippen MR) is 128 cm³/mol. The van der Waals surface area contributed by atoms with E-state index in [1.54, 1.807) is 49.6 Å². The topological polar surface area (TPSA) is 107 Å². The molecule has 2 rings (SSSR count). The molecule has 2 aromatic carbocycles. The summed E-state index contributed by atoms with van der Waals surface area (Å²) in [5.41, 5.74) is 1.34. The van der Waals surface area contributed by atoms with Gasteiger partial charge in [0.25, 0.3) is 5.91 Å². The number of methoxy groups -OCH3 is 2. The number of nitrogens with zero attached hydrogens (tertiary/aromatic N) is 1. The van der Waals surface area contributed by atoms with Crippen LogP contribution in [0, 0.1) is 11.3 Å². The van der Waals surface area contributed by atoms with Crippen LogP contribution in [0.4, 0.5) is 0 Å². The largest absolute Gasteiger partial charge is 0.493 e. The number of hydrogen-bond acceptors (Lipinski definition) is 7. The lowest BCUT2D eigenvalue weighted by molar-refractivity contribution is -0.128. The average molecular weight is 465 g/mol. The van der Waals surface area contributed by atoms with Crippen molar-refractivity contribution in [1.82, 2.24) is 5.32 Å². The molecule has 0 bridgehead atoms. The highest BCUT2D eigenvalue weighted by Gasteiger charge is 2.09. The van der Waals surface area contributed by atoms with Gasteiger partial charge in [0.05, 0.1) is 20.3 Å². The maximum Gasteiger partial charge on any atom is 0.336 e. The first kappa shape index (κ1) is 26.2. The number of carbonyl (C=O) groups excluding carboxylic acids is 2. The maximum absolute atomic E-state index is 12.2. The first-order chi connectivity index (χ1) is 16.5. The van der Waals surface area contributed by atoms with E-state index in [-0.39, 0.29) is 5.57 Å². The van der Waals surface area contributed by atoms with E-state index in [9.17, 15) is 14.9 Å². The minimum atomic E-state index is -0.552. The summed E-state index contributed by atoms with van der Waals surface area (Å²) in [4.78, 5) is 24.2. The van der Waals surface area contributed by atoms with Crippen LogP contribution in [0.15, 0.2) is 54.1 Å². The van der Waals surface area contributed by atoms with Crippen LogP contribution in [-0.2, 0) is 14.3 Å². The van der Waals surface area contributed by atoms with Crippen LogP contribution >= 0.6 is 0 Å². The van der Waals surface area contributed by atoms with E-state index in [0.717, 1.165) is 12.0 Å². The second kappa shape index (κ2) is 14.1. The van der Waals surface area contributed by atoms with Gasteiger partial charge < -0.3 is 24.3 Å². The Kier molecular flexibility index (Phi) is 10.9. The van der Waals surface area contributed by atoms with Crippen molar-refractivity contribution in [3.05, 3.63) is 65.2 Å². The molecule has 178 valence electrons. The molecule has 1 amide bonds. The van der Waals surface area contributed by atoms with E-state index in [1.807, 2.05) is 19.1 Å². The van der Waals surface area contributed by atoms with Crippen molar-refractivity contribution in [2.24, 2.45) is 0 Å². The Labute approximate surface area is 199 Å². The van der Waals surface area contributed by atoms with Crippen molar-refractivity contribution in [3.8, 4) is 23.3 Å². The van der Waals surface area contributed by atoms with Crippen molar-refractivity contribution in [1.29, 1.82) is 5.26 Å². The number of esters is 1. The molecule has 8 heteroatoms. The number of rotatable bonds is 12. The minimum Gasteiger partial charge on any atom is -0.493 e. The zero-order valence-electron chi connectivity index (χ0n) is 19.5. The molecule has 0 aromatic heterocycles. The maximum atomic E-state index is 12.2. The summed E-state index contributed by atoms with van der Waals surface area (Å²) in [7, 11) is 3.08. The second-order valence-electron chi connectivity index (χ2n) is 7.00. The van der Waals surface area contributed by atoms with Crippen LogP contribution in [0.1, 0.15) is 24.5 Å². The number of nitriles is 1. The Morgan fingerprint density at radius 3 is 2.41 bits per heavy atom. The zero-order valence-corrected chi connectivity index (χ0v) is 19.5. The van der Waals surface area contributed by atoms with E-state index >= 15 is 0 Å². The summed E-state index contributed by atoms with van der Waals surface area (Å²) < 4.78 is 21.1. The van der Waals surface area contributed by atoms with Gasteiger partial charge in [-0.05, 0) is 54.0 Å². The van der Waals surface area contributed by atoms with Crippen LogP contribution < -0.4 is 19.5 Å². The highest BCUT2D eigenvalue weighted by atomic mass is 16.5. The molecule has 0 heterocycles. The highest BCUT2D eigenvalue weighted by molar-refractivity contribution is 6.01. The van der Waals surface area contributed by atoms with Crippen molar-refractivity contribution >= 4 is 24.0 Å². The number of nitrogens with one attached hydrogen (secondary N) is 1. The third kappa shape index (κ3) is 8.45. The molecule has 0 unspecified atom stereocenters. The van der Waals surface area contributed by atoms with Crippen molar-refractivity contribution < 1.29 is 28.5 Å². The average Bonchev–Trinajstić information content (AvgIpc) is 2.86. The molecular formula is C26H28N2O6. The molecule has 0 aliphatic heterocycles. The van der Waals surface area contributed by atoms with E-state index < -0.39 is 11.9 Å². The lowest BCUT2D eigenvalue weighted by atomic mass is 10.1. The Morgan fingerprint density at radius 1 is 1.03 bits per heavy atom. The van der Waals surface area contributed by atoms with E-state index in [4.69, 9.17) is 18.9 Å². The minimum absolute atomic E-state index is 0.0367. The summed E-state index contributed by atoms with van der Waals surface area (Å²) in [6, 6.07) is 13.7. The molecule has 0 saturated carbocycles. The van der Waals surface area contributed by atoms with Crippen LogP contribution in [0.25, 0.3) is 12.2 Å². The summed E-state index contributed by atoms with van der Waals surface area (Å²) in [6.45, 7) is 3.27. The van der Waals surface area contributed by atoms with Gasteiger partial charge in [-0.25, -0.2) is 4.79 Å². The van der Waals surface area contributed by atoms with Crippen LogP contribution in [0.5, 0.6) is 17.2 Å². The second-order valence-corrected chi connectivity index (χ2v) is 7.00. The summed E-state index contributed by atoms with van der Waals surface area (Å²) >= 11 is 0. The highest BCUT2D eigenvalue weighted by Crippen LogP contribution is 2.28. The Hall–Kier alpha value is -4.09. The zero-order chi connectivity index (χ0) is 24.8. The van der Waals surface area contributed by atoms with Gasteiger partial charge in [-0.2, -0.15) is 5.26 Å². The molecule has 1 N–H and O–H groups in total. The molecular weight excluding hydrogens is 436 g/mol. The molecule has 0 fully saturated rings. The number of amides is 1. The number of benzene rings is 2. The Bertz CT molecular complexity index is 1070. The number of ether oxygens (including phenoxy) is 4. The third-order valence-electron chi connectivity index (χ3n) is 4.43. The first-order valence-electron chi connectivity index (χ1n) is 10.7. The fourth-order valence-electron chi connectivity index (χ4n) is 2.74. The van der Waals surface area contributed by atoms with Crippen molar-refractivity contribution in [2.45, 2.75) is 13.3 Å². The number of hydrogen-bond donors (Lipinski definition) is 1. The van der Waals surface area contributed by atoms with Gasteiger partial charge >= 0.3 is 5.97 Å². The van der Waals surface area contributed by atoms with Crippen LogP contribution in [0.3, 0.4) is 0 Å². The molecule has 0 atom stereocenters. The molecule has 8 nitrogen and oxygen atoms in total. The molecule has 0 aliphatic carbocycles. The predicted octanol–water partition coefficient (Wildman–Crippen LogP) is 3.77. The Balaban J connectivity index is 1.98. The fraction of sp³-hybridized carbons (Fsp3) is 0.269. The molecule has 0 aliphatic rings. The summed E-state index contributed by atoms with van der Waals surface area (Å²) in [5.74, 6) is 0.517. The fourth-order valence-corrected chi connectivity index (χ4v) is 2.74. The third-order valence-corrected chi connectivity index (χ3v) is 4.43. The van der Waals surface area contributed by atoms with E-state index in [0.29, 0.717) is 42.6 Å². The van der Waals surface area contributed by atoms with Gasteiger partial charge in [0.2, 0.25) is 0 Å². The van der Waals surface area contributed by atoms with Crippen molar-refractivity contribution in [2.75, 3.05) is 34.0 Å². The van der Waals surface area contributed by atoms with Gasteiger partial charge in [-0.3, -0.25) is 4.79 Å². The van der Waals surface area contributed by atoms with Gasteiger partial charge in [0, 0.05) is 19.7 Å². The monoisotopic (exact) mass is 464 g/mol.